The van der Waals surface area contributed by atoms with Crippen LogP contribution in [0.2, 0.25) is 5.02 Å². The van der Waals surface area contributed by atoms with Crippen LogP contribution in [-0.4, -0.2) is 4.98 Å². The molecule has 3 aromatic carbocycles. The zero-order valence-corrected chi connectivity index (χ0v) is 13.2. The highest BCUT2D eigenvalue weighted by Crippen LogP contribution is 2.31. The number of halogens is 1. The predicted molar refractivity (Wildman–Crippen MR) is 97.6 cm³/mol. The minimum absolute atomic E-state index is 0.696. The molecule has 110 valence electrons. The highest BCUT2D eigenvalue weighted by Gasteiger charge is 2.08. The molecule has 1 heterocycles. The van der Waals surface area contributed by atoms with E-state index in [1.165, 1.54) is 10.8 Å². The molecule has 23 heavy (non-hydrogen) atoms. The highest BCUT2D eigenvalue weighted by molar-refractivity contribution is 6.31. The summed E-state index contributed by atoms with van der Waals surface area (Å²) in [4.78, 5) is 4.84. The molecule has 0 aliphatic heterocycles. The molecule has 0 unspecified atom stereocenters. The van der Waals surface area contributed by atoms with E-state index in [1.54, 1.807) is 0 Å². The van der Waals surface area contributed by atoms with Crippen molar-refractivity contribution in [3.8, 4) is 22.5 Å². The molecule has 0 atom stereocenters. The molecular formula is C21H14ClN. The third kappa shape index (κ3) is 2.71. The summed E-state index contributed by atoms with van der Waals surface area (Å²) >= 11 is 6.36. The summed E-state index contributed by atoms with van der Waals surface area (Å²) < 4.78 is 0. The van der Waals surface area contributed by atoms with Crippen molar-refractivity contribution in [2.24, 2.45) is 0 Å². The number of rotatable bonds is 2. The molecule has 0 fully saturated rings. The van der Waals surface area contributed by atoms with Gasteiger partial charge in [-0.2, -0.15) is 0 Å². The number of hydrogen-bond donors (Lipinski definition) is 0. The molecule has 0 radical (unpaired) electrons. The number of pyridine rings is 1. The van der Waals surface area contributed by atoms with Crippen LogP contribution in [0.1, 0.15) is 0 Å². The van der Waals surface area contributed by atoms with E-state index >= 15 is 0 Å². The van der Waals surface area contributed by atoms with Gasteiger partial charge in [0.1, 0.15) is 0 Å². The second-order valence-corrected chi connectivity index (χ2v) is 5.89. The Hall–Kier alpha value is -2.64. The lowest BCUT2D eigenvalue weighted by atomic mass is 10.0. The van der Waals surface area contributed by atoms with Crippen LogP contribution in [-0.2, 0) is 0 Å². The fourth-order valence-electron chi connectivity index (χ4n) is 2.84. The van der Waals surface area contributed by atoms with Gasteiger partial charge in [0.25, 0.3) is 0 Å². The van der Waals surface area contributed by atoms with E-state index in [-0.39, 0.29) is 0 Å². The zero-order chi connectivity index (χ0) is 15.6. The number of benzene rings is 3. The molecule has 0 amide bonds. The van der Waals surface area contributed by atoms with Gasteiger partial charge in [-0.25, -0.2) is 4.98 Å². The summed E-state index contributed by atoms with van der Waals surface area (Å²) in [6, 6.07) is 28.5. The molecule has 0 spiro atoms. The van der Waals surface area contributed by atoms with Gasteiger partial charge in [-0.3, -0.25) is 0 Å². The van der Waals surface area contributed by atoms with Gasteiger partial charge in [0.2, 0.25) is 0 Å². The first-order valence-electron chi connectivity index (χ1n) is 7.52. The van der Waals surface area contributed by atoms with Crippen molar-refractivity contribution in [2.75, 3.05) is 0 Å². The third-order valence-corrected chi connectivity index (χ3v) is 4.14. The Bertz CT molecular complexity index is 972. The van der Waals surface area contributed by atoms with Crippen LogP contribution in [0.4, 0.5) is 0 Å². The van der Waals surface area contributed by atoms with Crippen molar-refractivity contribution >= 4 is 22.4 Å². The Labute approximate surface area is 140 Å². The van der Waals surface area contributed by atoms with Crippen molar-refractivity contribution < 1.29 is 0 Å². The lowest BCUT2D eigenvalue weighted by molar-refractivity contribution is 1.33. The zero-order valence-electron chi connectivity index (χ0n) is 12.4. The summed E-state index contributed by atoms with van der Waals surface area (Å²) in [5, 5.41) is 3.08. The smallest absolute Gasteiger partial charge is 0.0730 e. The van der Waals surface area contributed by atoms with Crippen LogP contribution in [0, 0.1) is 0 Å². The molecule has 0 aliphatic carbocycles. The molecule has 4 rings (SSSR count). The molecule has 0 saturated carbocycles. The van der Waals surface area contributed by atoms with Crippen LogP contribution < -0.4 is 0 Å². The van der Waals surface area contributed by atoms with E-state index in [4.69, 9.17) is 16.6 Å². The molecule has 0 aliphatic rings. The maximum atomic E-state index is 6.36. The van der Waals surface area contributed by atoms with Gasteiger partial charge in [0.15, 0.2) is 0 Å². The van der Waals surface area contributed by atoms with Crippen molar-refractivity contribution in [1.82, 2.24) is 4.98 Å². The van der Waals surface area contributed by atoms with Crippen LogP contribution in [0.25, 0.3) is 33.3 Å². The van der Waals surface area contributed by atoms with E-state index < -0.39 is 0 Å². The fourth-order valence-corrected chi connectivity index (χ4v) is 3.05. The van der Waals surface area contributed by atoms with Crippen LogP contribution in [0.15, 0.2) is 84.9 Å². The van der Waals surface area contributed by atoms with Crippen molar-refractivity contribution in [1.29, 1.82) is 0 Å². The van der Waals surface area contributed by atoms with Gasteiger partial charge < -0.3 is 0 Å². The summed E-state index contributed by atoms with van der Waals surface area (Å²) in [6.45, 7) is 0. The van der Waals surface area contributed by atoms with Gasteiger partial charge in [0.05, 0.1) is 11.4 Å². The summed E-state index contributed by atoms with van der Waals surface area (Å²) in [5.41, 5.74) is 3.95. The predicted octanol–water partition coefficient (Wildman–Crippen LogP) is 6.22. The standard InChI is InChI=1S/C21H14ClN/c22-17-13-20(16-8-2-1-3-9-16)23-21(14-17)19-12-6-10-15-7-4-5-11-18(15)19/h1-14H. The van der Waals surface area contributed by atoms with Gasteiger partial charge in [-0.1, -0.05) is 84.4 Å². The lowest BCUT2D eigenvalue weighted by Gasteiger charge is -2.09. The minimum atomic E-state index is 0.696. The molecule has 1 aromatic heterocycles. The number of aromatic nitrogens is 1. The Morgan fingerprint density at radius 3 is 2.22 bits per heavy atom. The van der Waals surface area contributed by atoms with Gasteiger partial charge in [0, 0.05) is 16.1 Å². The molecule has 1 nitrogen and oxygen atoms in total. The maximum Gasteiger partial charge on any atom is 0.0730 e. The average molecular weight is 316 g/mol. The van der Waals surface area contributed by atoms with E-state index in [0.717, 1.165) is 22.5 Å². The molecule has 2 heteroatoms. The van der Waals surface area contributed by atoms with Gasteiger partial charge >= 0.3 is 0 Å². The van der Waals surface area contributed by atoms with E-state index in [0.29, 0.717) is 5.02 Å². The Balaban J connectivity index is 1.94. The van der Waals surface area contributed by atoms with E-state index in [2.05, 4.69) is 36.4 Å². The lowest BCUT2D eigenvalue weighted by Crippen LogP contribution is -1.89. The second kappa shape index (κ2) is 5.86. The van der Waals surface area contributed by atoms with Gasteiger partial charge in [-0.15, -0.1) is 0 Å². The largest absolute Gasteiger partial charge is 0.248 e. The maximum absolute atomic E-state index is 6.36. The number of nitrogens with zero attached hydrogens (tertiary/aromatic N) is 1. The summed E-state index contributed by atoms with van der Waals surface area (Å²) in [6.07, 6.45) is 0. The first kappa shape index (κ1) is 14.0. The van der Waals surface area contributed by atoms with E-state index in [1.807, 2.05) is 48.5 Å². The number of fused-ring (bicyclic) bond motifs is 1. The number of hydrogen-bond acceptors (Lipinski definition) is 1. The molecule has 0 N–H and O–H groups in total. The highest BCUT2D eigenvalue weighted by atomic mass is 35.5. The van der Waals surface area contributed by atoms with E-state index in [9.17, 15) is 0 Å². The Morgan fingerprint density at radius 1 is 0.652 bits per heavy atom. The topological polar surface area (TPSA) is 12.9 Å². The quantitative estimate of drug-likeness (QED) is 0.428. The van der Waals surface area contributed by atoms with Crippen molar-refractivity contribution in [3.05, 3.63) is 90.0 Å². The Kier molecular flexibility index (Phi) is 3.57. The van der Waals surface area contributed by atoms with Gasteiger partial charge in [-0.05, 0) is 22.9 Å². The first-order valence-corrected chi connectivity index (χ1v) is 7.90. The van der Waals surface area contributed by atoms with Crippen LogP contribution >= 0.6 is 11.6 Å². The van der Waals surface area contributed by atoms with Crippen LogP contribution in [0.3, 0.4) is 0 Å². The molecular weight excluding hydrogens is 302 g/mol. The van der Waals surface area contributed by atoms with Crippen LogP contribution in [0.5, 0.6) is 0 Å². The normalized spacial score (nSPS) is 10.8. The van der Waals surface area contributed by atoms with Crippen molar-refractivity contribution in [3.63, 3.8) is 0 Å². The molecule has 4 aromatic rings. The minimum Gasteiger partial charge on any atom is -0.248 e. The first-order chi connectivity index (χ1) is 11.3. The monoisotopic (exact) mass is 315 g/mol. The molecule has 0 bridgehead atoms. The average Bonchev–Trinajstić information content (AvgIpc) is 2.61. The third-order valence-electron chi connectivity index (χ3n) is 3.93. The molecule has 0 saturated heterocycles. The second-order valence-electron chi connectivity index (χ2n) is 5.45. The summed E-state index contributed by atoms with van der Waals surface area (Å²) in [7, 11) is 0. The summed E-state index contributed by atoms with van der Waals surface area (Å²) in [5.74, 6) is 0. The SMILES string of the molecule is Clc1cc(-c2ccccc2)nc(-c2cccc3ccccc23)c1. The Morgan fingerprint density at radius 2 is 1.35 bits per heavy atom. The fraction of sp³-hybridized carbons (Fsp3) is 0. The van der Waals surface area contributed by atoms with Crippen molar-refractivity contribution in [2.45, 2.75) is 0 Å².